The topological polar surface area (TPSA) is 81.4 Å². The molecule has 0 amide bonds. The van der Waals surface area contributed by atoms with E-state index >= 15 is 0 Å². The maximum absolute atomic E-state index is 12.8. The monoisotopic (exact) mass is 396 g/mol. The second kappa shape index (κ2) is 7.52. The molecule has 3 heterocycles. The van der Waals surface area contributed by atoms with Crippen molar-refractivity contribution in [1.82, 2.24) is 20.0 Å². The van der Waals surface area contributed by atoms with Gasteiger partial charge < -0.3 is 14.2 Å². The van der Waals surface area contributed by atoms with E-state index in [0.717, 1.165) is 62.7 Å². The van der Waals surface area contributed by atoms with Gasteiger partial charge in [-0.3, -0.25) is 4.79 Å². The number of hydrogen-bond donors (Lipinski definition) is 0. The van der Waals surface area contributed by atoms with Crippen molar-refractivity contribution >= 4 is 5.78 Å². The molecule has 1 saturated heterocycles. The Morgan fingerprint density at radius 1 is 1.24 bits per heavy atom. The Hall–Kier alpha value is -2.28. The predicted octanol–water partition coefficient (Wildman–Crippen LogP) is 3.32. The fraction of sp³-hybridized carbons (Fsp3) is 0.636. The van der Waals surface area contributed by atoms with Crippen LogP contribution in [0.2, 0.25) is 0 Å². The van der Waals surface area contributed by atoms with E-state index in [-0.39, 0.29) is 0 Å². The lowest BCUT2D eigenvalue weighted by Gasteiger charge is -2.37. The van der Waals surface area contributed by atoms with Crippen LogP contribution in [0.3, 0.4) is 0 Å². The molecule has 2 aromatic rings. The molecule has 7 heteroatoms. The molecular formula is C22H28N4O3. The van der Waals surface area contributed by atoms with Crippen LogP contribution in [0, 0.1) is 0 Å². The van der Waals surface area contributed by atoms with Crippen LogP contribution in [0.25, 0.3) is 11.5 Å². The van der Waals surface area contributed by atoms with Gasteiger partial charge in [-0.2, -0.15) is 4.98 Å². The van der Waals surface area contributed by atoms with E-state index in [2.05, 4.69) is 27.1 Å². The highest BCUT2D eigenvalue weighted by atomic mass is 16.5. The van der Waals surface area contributed by atoms with E-state index in [0.29, 0.717) is 42.3 Å². The number of rotatable bonds is 4. The molecular weight excluding hydrogens is 368 g/mol. The molecule has 1 aliphatic heterocycles. The Bertz CT molecular complexity index is 911. The first-order valence-electron chi connectivity index (χ1n) is 10.9. The number of likely N-dealkylation sites (N-methyl/N-ethyl adjacent to an activating group) is 1. The summed E-state index contributed by atoms with van der Waals surface area (Å²) in [6.07, 6.45) is 10.4. The fourth-order valence-corrected chi connectivity index (χ4v) is 5.31. The summed E-state index contributed by atoms with van der Waals surface area (Å²) in [7, 11) is 2.13. The van der Waals surface area contributed by atoms with Gasteiger partial charge in [0, 0.05) is 24.2 Å². The fourth-order valence-electron chi connectivity index (χ4n) is 5.31. The smallest absolute Gasteiger partial charge is 0.317 e. The SMILES string of the molecule is CN1CCC[C@H]1COc1nccc(-c2onc3c2CCC[C@@]32CCCCC2=O)n1. The predicted molar refractivity (Wildman–Crippen MR) is 107 cm³/mol. The summed E-state index contributed by atoms with van der Waals surface area (Å²) in [5.41, 5.74) is 2.15. The Balaban J connectivity index is 1.41. The van der Waals surface area contributed by atoms with Gasteiger partial charge in [-0.25, -0.2) is 4.98 Å². The molecule has 0 aromatic carbocycles. The quantitative estimate of drug-likeness (QED) is 0.784. The number of nitrogens with zero attached hydrogens (tertiary/aromatic N) is 4. The molecule has 1 saturated carbocycles. The average Bonchev–Trinajstić information content (AvgIpc) is 3.36. The van der Waals surface area contributed by atoms with Crippen LogP contribution in [0.4, 0.5) is 0 Å². The van der Waals surface area contributed by atoms with Crippen molar-refractivity contribution < 1.29 is 14.1 Å². The van der Waals surface area contributed by atoms with Crippen molar-refractivity contribution in [2.45, 2.75) is 69.2 Å². The van der Waals surface area contributed by atoms with Crippen LogP contribution in [0.15, 0.2) is 16.8 Å². The number of aromatic nitrogens is 3. The number of fused-ring (bicyclic) bond motifs is 2. The second-order valence-electron chi connectivity index (χ2n) is 8.72. The van der Waals surface area contributed by atoms with E-state index < -0.39 is 5.41 Å². The Morgan fingerprint density at radius 2 is 2.14 bits per heavy atom. The summed E-state index contributed by atoms with van der Waals surface area (Å²) in [4.78, 5) is 24.0. The largest absolute Gasteiger partial charge is 0.462 e. The van der Waals surface area contributed by atoms with Crippen molar-refractivity contribution in [3.05, 3.63) is 23.5 Å². The molecule has 5 rings (SSSR count). The third-order valence-electron chi connectivity index (χ3n) is 7.01. The molecule has 7 nitrogen and oxygen atoms in total. The summed E-state index contributed by atoms with van der Waals surface area (Å²) in [6, 6.07) is 2.61. The van der Waals surface area contributed by atoms with Gasteiger partial charge in [-0.15, -0.1) is 0 Å². The summed E-state index contributed by atoms with van der Waals surface area (Å²) in [5.74, 6) is 1.000. The van der Waals surface area contributed by atoms with E-state index in [1.54, 1.807) is 6.20 Å². The molecule has 0 bridgehead atoms. The number of likely N-dealkylation sites (tertiary alicyclic amines) is 1. The van der Waals surface area contributed by atoms with Crippen LogP contribution >= 0.6 is 0 Å². The second-order valence-corrected chi connectivity index (χ2v) is 8.72. The third-order valence-corrected chi connectivity index (χ3v) is 7.01. The van der Waals surface area contributed by atoms with E-state index in [4.69, 9.17) is 9.26 Å². The highest BCUT2D eigenvalue weighted by Crippen LogP contribution is 2.47. The molecule has 0 unspecified atom stereocenters. The molecule has 2 aromatic heterocycles. The molecule has 2 atom stereocenters. The Labute approximate surface area is 170 Å². The average molecular weight is 396 g/mol. The minimum Gasteiger partial charge on any atom is -0.462 e. The molecule has 29 heavy (non-hydrogen) atoms. The summed E-state index contributed by atoms with van der Waals surface area (Å²) in [5, 5.41) is 4.41. The molecule has 3 aliphatic rings. The van der Waals surface area contributed by atoms with Crippen molar-refractivity contribution in [2.75, 3.05) is 20.2 Å². The van der Waals surface area contributed by atoms with Crippen molar-refractivity contribution in [3.63, 3.8) is 0 Å². The standard InChI is InChI=1S/C22H28N4O3/c1-26-13-5-6-15(26)14-28-21-23-12-9-17(24-21)19-16-7-4-11-22(20(16)25-29-19)10-3-2-8-18(22)27/h9,12,15H,2-8,10-11,13-14H2,1H3/t15-,22+/m0/s1. The number of carbonyl (C=O) groups is 1. The third kappa shape index (κ3) is 3.25. The first kappa shape index (κ1) is 18.7. The minimum absolute atomic E-state index is 0.331. The lowest BCUT2D eigenvalue weighted by molar-refractivity contribution is -0.127. The van der Waals surface area contributed by atoms with Crippen LogP contribution in [0.5, 0.6) is 6.01 Å². The van der Waals surface area contributed by atoms with E-state index in [9.17, 15) is 4.79 Å². The normalized spacial score (nSPS) is 27.3. The van der Waals surface area contributed by atoms with Crippen LogP contribution in [0.1, 0.15) is 62.6 Å². The highest BCUT2D eigenvalue weighted by molar-refractivity contribution is 5.91. The van der Waals surface area contributed by atoms with Gasteiger partial charge in [0.25, 0.3) is 0 Å². The van der Waals surface area contributed by atoms with Gasteiger partial charge >= 0.3 is 6.01 Å². The first-order valence-corrected chi connectivity index (χ1v) is 10.9. The van der Waals surface area contributed by atoms with Crippen molar-refractivity contribution in [1.29, 1.82) is 0 Å². The molecule has 154 valence electrons. The zero-order valence-corrected chi connectivity index (χ0v) is 17.0. The Kier molecular flexibility index (Phi) is 4.86. The Morgan fingerprint density at radius 3 is 2.97 bits per heavy atom. The van der Waals surface area contributed by atoms with Gasteiger partial charge in [-0.05, 0) is 64.6 Å². The summed E-state index contributed by atoms with van der Waals surface area (Å²) >= 11 is 0. The number of carbonyl (C=O) groups excluding carboxylic acids is 1. The van der Waals surface area contributed by atoms with Gasteiger partial charge in [0.15, 0.2) is 5.76 Å². The van der Waals surface area contributed by atoms with Gasteiger partial charge in [0.05, 0.1) is 5.41 Å². The number of ether oxygens (including phenoxy) is 1. The lowest BCUT2D eigenvalue weighted by atomic mass is 9.64. The summed E-state index contributed by atoms with van der Waals surface area (Å²) in [6.45, 7) is 1.70. The van der Waals surface area contributed by atoms with Gasteiger partial charge in [0.2, 0.25) is 0 Å². The van der Waals surface area contributed by atoms with Crippen molar-refractivity contribution in [2.24, 2.45) is 0 Å². The van der Waals surface area contributed by atoms with E-state index in [1.807, 2.05) is 6.07 Å². The number of Topliss-reactive ketones (excluding diaryl/α,β-unsaturated/α-hetero) is 1. The van der Waals surface area contributed by atoms with E-state index in [1.165, 1.54) is 6.42 Å². The van der Waals surface area contributed by atoms with Crippen LogP contribution in [-0.4, -0.2) is 52.0 Å². The molecule has 2 aliphatic carbocycles. The molecule has 2 fully saturated rings. The van der Waals surface area contributed by atoms with Crippen LogP contribution in [-0.2, 0) is 16.6 Å². The maximum Gasteiger partial charge on any atom is 0.317 e. The van der Waals surface area contributed by atoms with Crippen LogP contribution < -0.4 is 4.74 Å². The first-order chi connectivity index (χ1) is 14.2. The number of ketones is 1. The maximum atomic E-state index is 12.8. The zero-order valence-electron chi connectivity index (χ0n) is 17.0. The zero-order chi connectivity index (χ0) is 19.8. The molecule has 0 radical (unpaired) electrons. The lowest BCUT2D eigenvalue weighted by Crippen LogP contribution is -2.41. The molecule has 1 spiro atoms. The van der Waals surface area contributed by atoms with Gasteiger partial charge in [0.1, 0.15) is 23.8 Å². The summed E-state index contributed by atoms with van der Waals surface area (Å²) < 4.78 is 11.7. The van der Waals surface area contributed by atoms with Crippen molar-refractivity contribution in [3.8, 4) is 17.5 Å². The minimum atomic E-state index is -0.437. The number of hydrogen-bond acceptors (Lipinski definition) is 7. The van der Waals surface area contributed by atoms with Gasteiger partial charge in [-0.1, -0.05) is 11.6 Å². The highest BCUT2D eigenvalue weighted by Gasteiger charge is 2.47. The molecule has 0 N–H and O–H groups in total.